The zero-order valence-electron chi connectivity index (χ0n) is 21.3. The Morgan fingerprint density at radius 1 is 0.605 bits per heavy atom. The Bertz CT molecular complexity index is 1320. The van der Waals surface area contributed by atoms with Crippen LogP contribution in [0.2, 0.25) is 0 Å². The smallest absolute Gasteiger partial charge is 0.302 e. The lowest BCUT2D eigenvalue weighted by Gasteiger charge is -2.21. The van der Waals surface area contributed by atoms with Crippen molar-refractivity contribution < 1.29 is 38.7 Å². The summed E-state index contributed by atoms with van der Waals surface area (Å²) in [4.78, 5) is 22.2. The predicted molar refractivity (Wildman–Crippen MR) is 143 cm³/mol. The van der Waals surface area contributed by atoms with E-state index in [-0.39, 0.29) is 26.4 Å². The highest BCUT2D eigenvalue weighted by molar-refractivity contribution is 6.09. The van der Waals surface area contributed by atoms with Gasteiger partial charge in [-0.05, 0) is 33.7 Å². The number of esters is 2. The van der Waals surface area contributed by atoms with Crippen LogP contribution < -0.4 is 9.47 Å². The number of aliphatic hydroxyl groups excluding tert-OH is 2. The minimum atomic E-state index is -1.02. The molecule has 198 valence electrons. The van der Waals surface area contributed by atoms with Crippen LogP contribution in [0, 0.1) is 0 Å². The Balaban J connectivity index is 1.78. The molecule has 0 bridgehead atoms. The van der Waals surface area contributed by atoms with Crippen LogP contribution in [0.15, 0.2) is 72.8 Å². The van der Waals surface area contributed by atoms with Crippen molar-refractivity contribution in [3.63, 3.8) is 0 Å². The number of fused-ring (bicyclic) bond motifs is 2. The quantitative estimate of drug-likeness (QED) is 0.283. The lowest BCUT2D eigenvalue weighted by Crippen LogP contribution is -2.25. The summed E-state index contributed by atoms with van der Waals surface area (Å²) in [5, 5.41) is 24.4. The van der Waals surface area contributed by atoms with E-state index in [2.05, 4.69) is 0 Å². The normalized spacial score (nSPS) is 12.6. The van der Waals surface area contributed by atoms with Crippen LogP contribution in [0.5, 0.6) is 11.5 Å². The predicted octanol–water partition coefficient (Wildman–Crippen LogP) is 4.27. The molecule has 0 aliphatic rings. The Labute approximate surface area is 220 Å². The number of rotatable bonds is 11. The van der Waals surface area contributed by atoms with Crippen molar-refractivity contribution in [2.24, 2.45) is 0 Å². The van der Waals surface area contributed by atoms with Crippen molar-refractivity contribution in [1.29, 1.82) is 0 Å². The first-order chi connectivity index (χ1) is 18.3. The summed E-state index contributed by atoms with van der Waals surface area (Å²) in [5.74, 6) is 0.0484. The van der Waals surface area contributed by atoms with E-state index in [1.165, 1.54) is 13.8 Å². The Kier molecular flexibility index (Phi) is 8.78. The first-order valence-corrected chi connectivity index (χ1v) is 12.3. The summed E-state index contributed by atoms with van der Waals surface area (Å²) in [6, 6.07) is 23.2. The van der Waals surface area contributed by atoms with Crippen LogP contribution in [-0.4, -0.2) is 60.8 Å². The zero-order chi connectivity index (χ0) is 27.1. The molecular weight excluding hydrogens is 488 g/mol. The number of hydrogen-bond acceptors (Lipinski definition) is 8. The Hall–Kier alpha value is -4.14. The van der Waals surface area contributed by atoms with E-state index in [4.69, 9.17) is 18.9 Å². The summed E-state index contributed by atoms with van der Waals surface area (Å²) >= 11 is 0. The van der Waals surface area contributed by atoms with Crippen molar-refractivity contribution >= 4 is 33.5 Å². The Morgan fingerprint density at radius 2 is 1.00 bits per heavy atom. The average Bonchev–Trinajstić information content (AvgIpc) is 2.92. The molecule has 0 fully saturated rings. The molecule has 38 heavy (non-hydrogen) atoms. The number of carbonyl (C=O) groups excluding carboxylic acids is 2. The number of hydrogen-bond donors (Lipinski definition) is 2. The third kappa shape index (κ3) is 6.59. The zero-order valence-corrected chi connectivity index (χ0v) is 21.3. The molecule has 0 aromatic heterocycles. The minimum Gasteiger partial charge on any atom is -0.490 e. The van der Waals surface area contributed by atoms with Crippen molar-refractivity contribution in [1.82, 2.24) is 0 Å². The van der Waals surface area contributed by atoms with E-state index in [1.54, 1.807) is 0 Å². The first kappa shape index (κ1) is 26.9. The number of carbonyl (C=O) groups is 2. The average molecular weight is 519 g/mol. The van der Waals surface area contributed by atoms with E-state index in [1.807, 2.05) is 72.8 Å². The maximum atomic E-state index is 11.1. The van der Waals surface area contributed by atoms with Crippen LogP contribution in [0.25, 0.3) is 32.7 Å². The Morgan fingerprint density at radius 3 is 1.39 bits per heavy atom. The van der Waals surface area contributed by atoms with Gasteiger partial charge in [0.05, 0.1) is 0 Å². The van der Waals surface area contributed by atoms with Gasteiger partial charge in [-0.2, -0.15) is 0 Å². The molecule has 4 rings (SSSR count). The SMILES string of the molecule is CC(=O)OCC(O)COc1ccc2ccccc2c1-c1c(OCC(O)COC(C)=O)ccc2ccccc12. The third-order valence-corrected chi connectivity index (χ3v) is 5.85. The molecule has 0 aliphatic heterocycles. The second kappa shape index (κ2) is 12.4. The lowest BCUT2D eigenvalue weighted by molar-refractivity contribution is -0.145. The van der Waals surface area contributed by atoms with Gasteiger partial charge in [0.15, 0.2) is 0 Å². The minimum absolute atomic E-state index is 0.0966. The molecule has 4 aromatic rings. The largest absolute Gasteiger partial charge is 0.490 e. The van der Waals surface area contributed by atoms with Gasteiger partial charge in [0.2, 0.25) is 0 Å². The monoisotopic (exact) mass is 518 g/mol. The molecule has 2 atom stereocenters. The van der Waals surface area contributed by atoms with Crippen LogP contribution in [0.4, 0.5) is 0 Å². The molecular formula is C30H30O8. The highest BCUT2D eigenvalue weighted by atomic mass is 16.6. The van der Waals surface area contributed by atoms with E-state index in [0.29, 0.717) is 11.5 Å². The van der Waals surface area contributed by atoms with Gasteiger partial charge in [0.25, 0.3) is 0 Å². The fourth-order valence-electron chi connectivity index (χ4n) is 4.15. The highest BCUT2D eigenvalue weighted by Gasteiger charge is 2.21. The van der Waals surface area contributed by atoms with Gasteiger partial charge in [-0.3, -0.25) is 9.59 Å². The fraction of sp³-hybridized carbons (Fsp3) is 0.267. The lowest BCUT2D eigenvalue weighted by atomic mass is 9.92. The molecule has 0 spiro atoms. The second-order valence-corrected chi connectivity index (χ2v) is 8.85. The summed E-state index contributed by atoms with van der Waals surface area (Å²) in [6.45, 7) is 2.00. The van der Waals surface area contributed by atoms with Crippen LogP contribution in [0.3, 0.4) is 0 Å². The molecule has 8 heteroatoms. The van der Waals surface area contributed by atoms with Gasteiger partial charge in [-0.25, -0.2) is 0 Å². The van der Waals surface area contributed by atoms with E-state index >= 15 is 0 Å². The number of ether oxygens (including phenoxy) is 4. The van der Waals surface area contributed by atoms with E-state index in [9.17, 15) is 19.8 Å². The summed E-state index contributed by atoms with van der Waals surface area (Å²) in [5.41, 5.74) is 1.51. The van der Waals surface area contributed by atoms with Gasteiger partial charge in [0, 0.05) is 25.0 Å². The standard InChI is InChI=1S/C30H30O8/c1-19(31)35-15-23(33)17-37-27-13-11-21-7-3-5-9-25(21)29(27)30-26-10-6-4-8-22(26)12-14-28(30)38-18-24(34)16-36-20(2)32/h3-14,23-24,33-34H,15-18H2,1-2H3. The summed E-state index contributed by atoms with van der Waals surface area (Å²) < 4.78 is 22.0. The van der Waals surface area contributed by atoms with Gasteiger partial charge >= 0.3 is 11.9 Å². The molecule has 0 saturated carbocycles. The maximum Gasteiger partial charge on any atom is 0.302 e. The third-order valence-electron chi connectivity index (χ3n) is 5.85. The number of benzene rings is 4. The van der Waals surface area contributed by atoms with Crippen LogP contribution >= 0.6 is 0 Å². The molecule has 0 radical (unpaired) electrons. The van der Waals surface area contributed by atoms with Crippen molar-refractivity contribution in [2.45, 2.75) is 26.1 Å². The molecule has 2 unspecified atom stereocenters. The van der Waals surface area contributed by atoms with Gasteiger partial charge in [-0.15, -0.1) is 0 Å². The maximum absolute atomic E-state index is 11.1. The van der Waals surface area contributed by atoms with Gasteiger partial charge < -0.3 is 29.2 Å². The summed E-state index contributed by atoms with van der Waals surface area (Å²) in [7, 11) is 0. The fourth-order valence-corrected chi connectivity index (χ4v) is 4.15. The molecule has 2 N–H and O–H groups in total. The molecule has 0 heterocycles. The van der Waals surface area contributed by atoms with Crippen molar-refractivity contribution in [3.8, 4) is 22.6 Å². The number of aliphatic hydroxyl groups is 2. The first-order valence-electron chi connectivity index (χ1n) is 12.3. The van der Waals surface area contributed by atoms with E-state index < -0.39 is 24.1 Å². The van der Waals surface area contributed by atoms with Gasteiger partial charge in [-0.1, -0.05) is 60.7 Å². The topological polar surface area (TPSA) is 112 Å². The molecule has 4 aromatic carbocycles. The van der Waals surface area contributed by atoms with Crippen molar-refractivity contribution in [2.75, 3.05) is 26.4 Å². The van der Waals surface area contributed by atoms with Gasteiger partial charge in [0.1, 0.15) is 50.1 Å². The molecule has 0 saturated heterocycles. The highest BCUT2D eigenvalue weighted by Crippen LogP contribution is 2.45. The molecule has 0 amide bonds. The molecule has 0 aliphatic carbocycles. The van der Waals surface area contributed by atoms with Crippen molar-refractivity contribution in [3.05, 3.63) is 72.8 Å². The summed E-state index contributed by atoms with van der Waals surface area (Å²) in [6.07, 6.45) is -2.03. The molecule has 8 nitrogen and oxygen atoms in total. The second-order valence-electron chi connectivity index (χ2n) is 8.85. The van der Waals surface area contributed by atoms with Crippen LogP contribution in [-0.2, 0) is 19.1 Å². The van der Waals surface area contributed by atoms with Crippen LogP contribution in [0.1, 0.15) is 13.8 Å². The van der Waals surface area contributed by atoms with E-state index in [0.717, 1.165) is 32.7 Å².